The Balaban J connectivity index is 1.45. The van der Waals surface area contributed by atoms with Crippen LogP contribution in [0.5, 0.6) is 0 Å². The number of aromatic nitrogens is 3. The number of carbonyl (C=O) groups is 1. The highest BCUT2D eigenvalue weighted by Crippen LogP contribution is 2.27. The third-order valence-electron chi connectivity index (χ3n) is 5.56. The zero-order chi connectivity index (χ0) is 26.4. The van der Waals surface area contributed by atoms with E-state index < -0.39 is 10.0 Å². The second-order valence-corrected chi connectivity index (χ2v) is 11.1. The van der Waals surface area contributed by atoms with Crippen molar-refractivity contribution in [2.24, 2.45) is 0 Å². The average Bonchev–Trinajstić information content (AvgIpc) is 3.27. The number of rotatable bonds is 10. The molecule has 11 heteroatoms. The van der Waals surface area contributed by atoms with Gasteiger partial charge in [-0.25, -0.2) is 8.42 Å². The molecule has 37 heavy (non-hydrogen) atoms. The molecule has 0 saturated heterocycles. The average molecular weight is 537 g/mol. The number of para-hydroxylation sites is 2. The molecule has 0 aliphatic rings. The molecule has 4 rings (SSSR count). The van der Waals surface area contributed by atoms with Crippen LogP contribution in [0.15, 0.2) is 78.0 Å². The van der Waals surface area contributed by atoms with Crippen LogP contribution in [0.3, 0.4) is 0 Å². The van der Waals surface area contributed by atoms with Crippen molar-refractivity contribution in [3.63, 3.8) is 0 Å². The molecule has 1 aromatic heterocycles. The molecule has 0 fully saturated rings. The molecule has 4 aromatic rings. The van der Waals surface area contributed by atoms with Crippen molar-refractivity contribution in [1.82, 2.24) is 20.1 Å². The lowest BCUT2D eigenvalue weighted by Gasteiger charge is -2.15. The lowest BCUT2D eigenvalue weighted by molar-refractivity contribution is -0.118. The van der Waals surface area contributed by atoms with E-state index in [1.807, 2.05) is 91.2 Å². The molecule has 0 aliphatic carbocycles. The zero-order valence-corrected chi connectivity index (χ0v) is 22.4. The van der Waals surface area contributed by atoms with E-state index in [2.05, 4.69) is 25.6 Å². The maximum atomic E-state index is 12.7. The molecular weight excluding hydrogens is 508 g/mol. The van der Waals surface area contributed by atoms with Crippen LogP contribution in [-0.4, -0.2) is 41.1 Å². The van der Waals surface area contributed by atoms with Crippen LogP contribution >= 0.6 is 11.8 Å². The molecule has 0 saturated carbocycles. The number of anilines is 3. The highest BCUT2D eigenvalue weighted by molar-refractivity contribution is 7.99. The van der Waals surface area contributed by atoms with E-state index in [4.69, 9.17) is 0 Å². The standard InChI is InChI=1S/C26H28N6O3S2/c1-18-14-15-20(19(2)24(18)31-37(3,34)35)16-27-23(33)17-36-26-30-29-25(28-21-10-6-4-7-11-21)32(26)22-12-8-5-9-13-22/h4-15,31H,16-17H2,1-3H3,(H,27,33)(H,28,29). The van der Waals surface area contributed by atoms with Crippen LogP contribution in [0.4, 0.5) is 17.3 Å². The molecule has 0 aliphatic heterocycles. The molecule has 3 aromatic carbocycles. The van der Waals surface area contributed by atoms with Gasteiger partial charge in [0.2, 0.25) is 21.9 Å². The fourth-order valence-electron chi connectivity index (χ4n) is 3.70. The first-order chi connectivity index (χ1) is 17.7. The van der Waals surface area contributed by atoms with Gasteiger partial charge >= 0.3 is 0 Å². The fraction of sp³-hybridized carbons (Fsp3) is 0.192. The largest absolute Gasteiger partial charge is 0.351 e. The molecule has 0 spiro atoms. The smallest absolute Gasteiger partial charge is 0.234 e. The molecule has 3 N–H and O–H groups in total. The van der Waals surface area contributed by atoms with Gasteiger partial charge in [0.1, 0.15) is 0 Å². The maximum Gasteiger partial charge on any atom is 0.234 e. The van der Waals surface area contributed by atoms with Crippen molar-refractivity contribution >= 4 is 45.0 Å². The highest BCUT2D eigenvalue weighted by atomic mass is 32.2. The van der Waals surface area contributed by atoms with Crippen molar-refractivity contribution in [2.45, 2.75) is 25.5 Å². The van der Waals surface area contributed by atoms with Crippen LogP contribution in [0.2, 0.25) is 0 Å². The van der Waals surface area contributed by atoms with Crippen LogP contribution in [-0.2, 0) is 21.4 Å². The number of amides is 1. The summed E-state index contributed by atoms with van der Waals surface area (Å²) in [6, 6.07) is 23.1. The van der Waals surface area contributed by atoms with E-state index in [0.29, 0.717) is 16.8 Å². The van der Waals surface area contributed by atoms with Gasteiger partial charge in [0.05, 0.1) is 23.4 Å². The molecule has 0 radical (unpaired) electrons. The number of nitrogens with one attached hydrogen (secondary N) is 3. The number of carbonyl (C=O) groups excluding carboxylic acids is 1. The molecule has 0 bridgehead atoms. The number of nitrogens with zero attached hydrogens (tertiary/aromatic N) is 3. The Morgan fingerprint density at radius 3 is 2.30 bits per heavy atom. The lowest BCUT2D eigenvalue weighted by Crippen LogP contribution is -2.25. The summed E-state index contributed by atoms with van der Waals surface area (Å²) in [4.78, 5) is 12.7. The number of hydrogen-bond acceptors (Lipinski definition) is 7. The summed E-state index contributed by atoms with van der Waals surface area (Å²) in [5.74, 6) is 0.500. The topological polar surface area (TPSA) is 118 Å². The van der Waals surface area contributed by atoms with E-state index in [9.17, 15) is 13.2 Å². The minimum atomic E-state index is -3.42. The molecule has 0 atom stereocenters. The van der Waals surface area contributed by atoms with E-state index in [1.54, 1.807) is 0 Å². The summed E-state index contributed by atoms with van der Waals surface area (Å²) < 4.78 is 27.9. The Kier molecular flexibility index (Phi) is 8.14. The van der Waals surface area contributed by atoms with Gasteiger partial charge in [0.15, 0.2) is 5.16 Å². The van der Waals surface area contributed by atoms with Crippen molar-refractivity contribution in [3.8, 4) is 5.69 Å². The first-order valence-electron chi connectivity index (χ1n) is 11.5. The minimum Gasteiger partial charge on any atom is -0.351 e. The van der Waals surface area contributed by atoms with Gasteiger partial charge in [-0.1, -0.05) is 60.3 Å². The monoisotopic (exact) mass is 536 g/mol. The SMILES string of the molecule is Cc1ccc(CNC(=O)CSc2nnc(Nc3ccccc3)n2-c2ccccc2)c(C)c1NS(C)(=O)=O. The molecule has 0 unspecified atom stereocenters. The quantitative estimate of drug-likeness (QED) is 0.257. The van der Waals surface area contributed by atoms with Crippen LogP contribution in [0.25, 0.3) is 5.69 Å². The summed E-state index contributed by atoms with van der Waals surface area (Å²) in [5, 5.41) is 15.4. The first-order valence-corrected chi connectivity index (χ1v) is 14.4. The Bertz CT molecular complexity index is 1490. The summed E-state index contributed by atoms with van der Waals surface area (Å²) in [5.41, 5.74) is 4.71. The predicted molar refractivity (Wildman–Crippen MR) is 148 cm³/mol. The molecular formula is C26H28N6O3S2. The molecule has 1 heterocycles. The molecule has 1 amide bonds. The fourth-order valence-corrected chi connectivity index (χ4v) is 5.17. The summed E-state index contributed by atoms with van der Waals surface area (Å²) in [7, 11) is -3.42. The van der Waals surface area contributed by atoms with Gasteiger partial charge in [-0.3, -0.25) is 14.1 Å². The third kappa shape index (κ3) is 6.89. The summed E-state index contributed by atoms with van der Waals surface area (Å²) >= 11 is 1.28. The normalized spacial score (nSPS) is 11.2. The highest BCUT2D eigenvalue weighted by Gasteiger charge is 2.17. The van der Waals surface area contributed by atoms with Crippen molar-refractivity contribution in [3.05, 3.63) is 89.5 Å². The van der Waals surface area contributed by atoms with Crippen molar-refractivity contribution < 1.29 is 13.2 Å². The first kappa shape index (κ1) is 26.2. The second-order valence-electron chi connectivity index (χ2n) is 8.45. The van der Waals surface area contributed by atoms with Crippen LogP contribution < -0.4 is 15.4 Å². The number of benzene rings is 3. The zero-order valence-electron chi connectivity index (χ0n) is 20.7. The van der Waals surface area contributed by atoms with Gasteiger partial charge in [-0.2, -0.15) is 0 Å². The van der Waals surface area contributed by atoms with E-state index in [-0.39, 0.29) is 18.2 Å². The van der Waals surface area contributed by atoms with E-state index >= 15 is 0 Å². The predicted octanol–water partition coefficient (Wildman–Crippen LogP) is 4.41. The third-order valence-corrected chi connectivity index (χ3v) is 7.06. The Morgan fingerprint density at radius 2 is 1.62 bits per heavy atom. The minimum absolute atomic E-state index is 0.135. The molecule has 192 valence electrons. The van der Waals surface area contributed by atoms with Gasteiger partial charge < -0.3 is 10.6 Å². The van der Waals surface area contributed by atoms with Gasteiger partial charge in [-0.05, 0) is 54.8 Å². The van der Waals surface area contributed by atoms with Crippen molar-refractivity contribution in [2.75, 3.05) is 22.0 Å². The number of hydrogen-bond donors (Lipinski definition) is 3. The number of sulfonamides is 1. The van der Waals surface area contributed by atoms with Crippen LogP contribution in [0.1, 0.15) is 16.7 Å². The Hall–Kier alpha value is -3.83. The Labute approximate surface area is 220 Å². The van der Waals surface area contributed by atoms with Gasteiger partial charge in [0.25, 0.3) is 0 Å². The Morgan fingerprint density at radius 1 is 0.946 bits per heavy atom. The van der Waals surface area contributed by atoms with Gasteiger partial charge in [0, 0.05) is 12.2 Å². The summed E-state index contributed by atoms with van der Waals surface area (Å²) in [6.45, 7) is 3.94. The molecule has 9 nitrogen and oxygen atoms in total. The van der Waals surface area contributed by atoms with Crippen LogP contribution in [0, 0.1) is 13.8 Å². The maximum absolute atomic E-state index is 12.7. The van der Waals surface area contributed by atoms with Gasteiger partial charge in [-0.15, -0.1) is 10.2 Å². The number of aryl methyl sites for hydroxylation is 1. The van der Waals surface area contributed by atoms with Crippen molar-refractivity contribution in [1.29, 1.82) is 0 Å². The van der Waals surface area contributed by atoms with E-state index in [0.717, 1.165) is 34.3 Å². The second kappa shape index (κ2) is 11.5. The van der Waals surface area contributed by atoms with E-state index in [1.165, 1.54) is 11.8 Å². The lowest BCUT2D eigenvalue weighted by atomic mass is 10.0. The summed E-state index contributed by atoms with van der Waals surface area (Å²) in [6.07, 6.45) is 1.12. The number of thioether (sulfide) groups is 1.